The molecule has 4 heteroatoms. The first kappa shape index (κ1) is 11.5. The number of carboxylic acid groups (broad SMARTS) is 1. The van der Waals surface area contributed by atoms with Crippen LogP contribution in [0.1, 0.15) is 13.3 Å². The van der Waals surface area contributed by atoms with Gasteiger partial charge in [-0.15, -0.1) is 0 Å². The van der Waals surface area contributed by atoms with Crippen molar-refractivity contribution in [3.63, 3.8) is 0 Å². The van der Waals surface area contributed by atoms with Gasteiger partial charge in [0.1, 0.15) is 0 Å². The topological polar surface area (TPSA) is 53.4 Å². The van der Waals surface area contributed by atoms with E-state index in [2.05, 4.69) is 4.98 Å². The highest BCUT2D eigenvalue weighted by Gasteiger charge is 2.17. The summed E-state index contributed by atoms with van der Waals surface area (Å²) in [7, 11) is 1.89. The molecule has 0 spiro atoms. The van der Waals surface area contributed by atoms with Crippen molar-refractivity contribution in [1.29, 1.82) is 0 Å². The molecule has 0 aliphatic heterocycles. The zero-order valence-electron chi connectivity index (χ0n) is 9.05. The molecule has 0 aromatic carbocycles. The van der Waals surface area contributed by atoms with E-state index in [1.54, 1.807) is 12.4 Å². The van der Waals surface area contributed by atoms with Gasteiger partial charge in [-0.2, -0.15) is 0 Å². The van der Waals surface area contributed by atoms with E-state index in [0.29, 0.717) is 13.0 Å². The lowest BCUT2D eigenvalue weighted by Gasteiger charge is -2.22. The second kappa shape index (κ2) is 5.34. The zero-order valence-corrected chi connectivity index (χ0v) is 9.05. The normalized spacial score (nSPS) is 12.1. The van der Waals surface area contributed by atoms with E-state index >= 15 is 0 Å². The summed E-state index contributed by atoms with van der Waals surface area (Å²) in [6.45, 7) is 2.41. The van der Waals surface area contributed by atoms with Crippen molar-refractivity contribution in [2.45, 2.75) is 13.3 Å². The number of rotatable bonds is 5. The standard InChI is InChI=1S/C11H16N2O2/c1-3-9(11(14)15)8-13(2)10-4-6-12-7-5-10/h4-7,9H,3,8H2,1-2H3,(H,14,15). The number of carbonyl (C=O) groups is 1. The van der Waals surface area contributed by atoms with Gasteiger partial charge < -0.3 is 10.0 Å². The van der Waals surface area contributed by atoms with Crippen LogP contribution in [-0.4, -0.2) is 29.7 Å². The fourth-order valence-electron chi connectivity index (χ4n) is 1.42. The molecule has 0 bridgehead atoms. The molecule has 0 saturated carbocycles. The van der Waals surface area contributed by atoms with Crippen molar-refractivity contribution < 1.29 is 9.90 Å². The number of pyridine rings is 1. The van der Waals surface area contributed by atoms with Gasteiger partial charge in [0.15, 0.2) is 0 Å². The first-order valence-corrected chi connectivity index (χ1v) is 4.99. The van der Waals surface area contributed by atoms with Crippen LogP contribution in [0.5, 0.6) is 0 Å². The van der Waals surface area contributed by atoms with Crippen LogP contribution in [0, 0.1) is 5.92 Å². The summed E-state index contributed by atoms with van der Waals surface area (Å²) in [6.07, 6.45) is 4.05. The number of hydrogen-bond acceptors (Lipinski definition) is 3. The minimum absolute atomic E-state index is 0.317. The van der Waals surface area contributed by atoms with Crippen molar-refractivity contribution >= 4 is 11.7 Å². The predicted molar refractivity (Wildman–Crippen MR) is 58.9 cm³/mol. The van der Waals surface area contributed by atoms with Crippen LogP contribution >= 0.6 is 0 Å². The van der Waals surface area contributed by atoms with Gasteiger partial charge in [-0.25, -0.2) is 0 Å². The maximum Gasteiger partial charge on any atom is 0.308 e. The molecule has 1 N–H and O–H groups in total. The fraction of sp³-hybridized carbons (Fsp3) is 0.455. The molecule has 1 unspecified atom stereocenters. The Hall–Kier alpha value is -1.58. The molecule has 0 aliphatic rings. The lowest BCUT2D eigenvalue weighted by atomic mass is 10.1. The van der Waals surface area contributed by atoms with Crippen molar-refractivity contribution in [2.75, 3.05) is 18.5 Å². The van der Waals surface area contributed by atoms with Crippen molar-refractivity contribution in [2.24, 2.45) is 5.92 Å². The Morgan fingerprint density at radius 2 is 2.13 bits per heavy atom. The molecule has 1 rings (SSSR count). The molecule has 1 heterocycles. The zero-order chi connectivity index (χ0) is 11.3. The lowest BCUT2D eigenvalue weighted by molar-refractivity contribution is -0.141. The summed E-state index contributed by atoms with van der Waals surface area (Å²) < 4.78 is 0. The third kappa shape index (κ3) is 3.23. The van der Waals surface area contributed by atoms with Gasteiger partial charge in [-0.1, -0.05) is 6.92 Å². The van der Waals surface area contributed by atoms with E-state index in [1.165, 1.54) is 0 Å². The molecular weight excluding hydrogens is 192 g/mol. The van der Waals surface area contributed by atoms with E-state index in [4.69, 9.17) is 5.11 Å². The predicted octanol–water partition coefficient (Wildman–Crippen LogP) is 1.63. The molecule has 1 atom stereocenters. The van der Waals surface area contributed by atoms with Crippen LogP contribution in [0.25, 0.3) is 0 Å². The van der Waals surface area contributed by atoms with Crippen LogP contribution in [0.2, 0.25) is 0 Å². The molecule has 0 fully saturated rings. The summed E-state index contributed by atoms with van der Waals surface area (Å²) in [5.41, 5.74) is 0.990. The number of carboxylic acids is 1. The van der Waals surface area contributed by atoms with Gasteiger partial charge in [0.05, 0.1) is 5.92 Å². The number of hydrogen-bond donors (Lipinski definition) is 1. The Bertz CT molecular complexity index is 314. The summed E-state index contributed by atoms with van der Waals surface area (Å²) in [5.74, 6) is -1.05. The molecule has 82 valence electrons. The SMILES string of the molecule is CCC(CN(C)c1ccncc1)C(=O)O. The minimum atomic E-state index is -0.738. The van der Waals surface area contributed by atoms with E-state index in [0.717, 1.165) is 5.69 Å². The first-order chi connectivity index (χ1) is 7.15. The third-order valence-corrected chi connectivity index (χ3v) is 2.44. The number of anilines is 1. The highest BCUT2D eigenvalue weighted by Crippen LogP contribution is 2.13. The van der Waals surface area contributed by atoms with Crippen LogP contribution in [-0.2, 0) is 4.79 Å². The second-order valence-electron chi connectivity index (χ2n) is 3.53. The maximum absolute atomic E-state index is 10.9. The van der Waals surface area contributed by atoms with Crippen molar-refractivity contribution in [1.82, 2.24) is 4.98 Å². The highest BCUT2D eigenvalue weighted by atomic mass is 16.4. The summed E-state index contributed by atoms with van der Waals surface area (Å²) >= 11 is 0. The van der Waals surface area contributed by atoms with Crippen LogP contribution < -0.4 is 4.90 Å². The fourth-order valence-corrected chi connectivity index (χ4v) is 1.42. The second-order valence-corrected chi connectivity index (χ2v) is 3.53. The quantitative estimate of drug-likeness (QED) is 0.799. The van der Waals surface area contributed by atoms with Crippen LogP contribution in [0.4, 0.5) is 5.69 Å². The lowest BCUT2D eigenvalue weighted by Crippen LogP contribution is -2.29. The monoisotopic (exact) mass is 208 g/mol. The Morgan fingerprint density at radius 3 is 2.60 bits per heavy atom. The largest absolute Gasteiger partial charge is 0.481 e. The Kier molecular flexibility index (Phi) is 4.09. The van der Waals surface area contributed by atoms with Crippen molar-refractivity contribution in [3.05, 3.63) is 24.5 Å². The van der Waals surface area contributed by atoms with E-state index in [1.807, 2.05) is 31.0 Å². The highest BCUT2D eigenvalue weighted by molar-refractivity contribution is 5.70. The van der Waals surface area contributed by atoms with Gasteiger partial charge >= 0.3 is 5.97 Å². The van der Waals surface area contributed by atoms with Gasteiger partial charge in [-0.05, 0) is 18.6 Å². The van der Waals surface area contributed by atoms with Crippen molar-refractivity contribution in [3.8, 4) is 0 Å². The Labute approximate surface area is 89.6 Å². The summed E-state index contributed by atoms with van der Waals surface area (Å²) in [5, 5.41) is 8.93. The number of aliphatic carboxylic acids is 1. The smallest absolute Gasteiger partial charge is 0.308 e. The molecule has 1 aromatic heterocycles. The number of nitrogens with zero attached hydrogens (tertiary/aromatic N) is 2. The maximum atomic E-state index is 10.9. The molecule has 0 aliphatic carbocycles. The molecule has 15 heavy (non-hydrogen) atoms. The van der Waals surface area contributed by atoms with Gasteiger partial charge in [0.2, 0.25) is 0 Å². The molecule has 4 nitrogen and oxygen atoms in total. The molecule has 1 aromatic rings. The third-order valence-electron chi connectivity index (χ3n) is 2.44. The Balaban J connectivity index is 2.62. The number of aromatic nitrogens is 1. The average Bonchev–Trinajstić information content (AvgIpc) is 2.26. The molecule has 0 saturated heterocycles. The van der Waals surface area contributed by atoms with Gasteiger partial charge in [-0.3, -0.25) is 9.78 Å². The van der Waals surface area contributed by atoms with Crippen LogP contribution in [0.3, 0.4) is 0 Å². The summed E-state index contributed by atoms with van der Waals surface area (Å²) in [4.78, 5) is 16.7. The van der Waals surface area contributed by atoms with Crippen LogP contribution in [0.15, 0.2) is 24.5 Å². The van der Waals surface area contributed by atoms with E-state index in [-0.39, 0.29) is 5.92 Å². The molecule has 0 amide bonds. The Morgan fingerprint density at radius 1 is 1.53 bits per heavy atom. The first-order valence-electron chi connectivity index (χ1n) is 4.99. The average molecular weight is 208 g/mol. The summed E-state index contributed by atoms with van der Waals surface area (Å²) in [6, 6.07) is 3.74. The van der Waals surface area contributed by atoms with E-state index < -0.39 is 5.97 Å². The van der Waals surface area contributed by atoms with Gasteiger partial charge in [0, 0.05) is 31.7 Å². The molecular formula is C11H16N2O2. The van der Waals surface area contributed by atoms with E-state index in [9.17, 15) is 4.79 Å². The van der Waals surface area contributed by atoms with Gasteiger partial charge in [0.25, 0.3) is 0 Å². The minimum Gasteiger partial charge on any atom is -0.481 e. The molecule has 0 radical (unpaired) electrons.